The number of hydrogen-bond donors (Lipinski definition) is 1. The third-order valence-electron chi connectivity index (χ3n) is 4.44. The molecule has 0 saturated heterocycles. The lowest BCUT2D eigenvalue weighted by Gasteiger charge is -2.17. The summed E-state index contributed by atoms with van der Waals surface area (Å²) in [4.78, 5) is 39.8. The highest BCUT2D eigenvalue weighted by molar-refractivity contribution is 7.16. The summed E-state index contributed by atoms with van der Waals surface area (Å²) >= 11 is 6.55. The van der Waals surface area contributed by atoms with Crippen molar-refractivity contribution in [3.8, 4) is 5.82 Å². The molecular weight excluding hydrogens is 518 g/mol. The molecule has 0 radical (unpaired) electrons. The van der Waals surface area contributed by atoms with Crippen LogP contribution in [0.15, 0.2) is 41.3 Å². The van der Waals surface area contributed by atoms with E-state index in [1.54, 1.807) is 6.92 Å². The minimum Gasteiger partial charge on any atom is -0.463 e. The first-order chi connectivity index (χ1) is 16.3. The molecule has 0 fully saturated rings. The number of nitrogens with one attached hydrogen (secondary N) is 1. The number of fused-ring (bicyclic) bond motifs is 1. The number of alkyl halides is 3. The predicted octanol–water partition coefficient (Wildman–Crippen LogP) is 5.31. The van der Waals surface area contributed by atoms with Crippen LogP contribution in [0.2, 0.25) is 5.02 Å². The second-order valence-corrected chi connectivity index (χ2v) is 8.44. The van der Waals surface area contributed by atoms with Crippen LogP contribution in [0.25, 0.3) is 16.0 Å². The lowest BCUT2D eigenvalue weighted by molar-refractivity contribution is -0.150. The first-order valence-electron chi connectivity index (χ1n) is 9.71. The minimum absolute atomic E-state index is 0.00713. The smallest absolute Gasteiger partial charge is 0.417 e. The first kappa shape index (κ1) is 26.2. The topological polar surface area (TPSA) is 99.5 Å². The third kappa shape index (κ3) is 5.62. The van der Waals surface area contributed by atoms with E-state index in [-0.39, 0.29) is 28.2 Å². The predicted molar refractivity (Wildman–Crippen MR) is 121 cm³/mol. The van der Waals surface area contributed by atoms with E-state index in [0.717, 1.165) is 16.7 Å². The van der Waals surface area contributed by atoms with E-state index in [4.69, 9.17) is 21.1 Å². The van der Waals surface area contributed by atoms with E-state index >= 15 is 0 Å². The van der Waals surface area contributed by atoms with Crippen LogP contribution in [-0.2, 0) is 20.4 Å². The van der Waals surface area contributed by atoms with Crippen molar-refractivity contribution >= 4 is 50.9 Å². The zero-order chi connectivity index (χ0) is 26.1. The van der Waals surface area contributed by atoms with E-state index in [1.165, 1.54) is 6.92 Å². The average Bonchev–Trinajstić information content (AvgIpc) is 3.05. The van der Waals surface area contributed by atoms with Gasteiger partial charge in [-0.05, 0) is 37.6 Å². The lowest BCUT2D eigenvalue weighted by Crippen LogP contribution is -2.32. The van der Waals surface area contributed by atoms with Crippen LogP contribution in [0.4, 0.5) is 28.0 Å². The Balaban J connectivity index is 1.99. The number of rotatable bonds is 6. The normalized spacial score (nSPS) is 12.3. The number of esters is 1. The van der Waals surface area contributed by atoms with Crippen molar-refractivity contribution in [3.63, 3.8) is 0 Å². The summed E-state index contributed by atoms with van der Waals surface area (Å²) < 4.78 is 64.2. The Bertz CT molecular complexity index is 1390. The molecule has 1 aromatic carbocycles. The number of pyridine rings is 1. The summed E-state index contributed by atoms with van der Waals surface area (Å²) in [5.74, 6) is -2.14. The van der Waals surface area contributed by atoms with Gasteiger partial charge in [-0.15, -0.1) is 0 Å². The Morgan fingerprint density at radius 1 is 1.31 bits per heavy atom. The van der Waals surface area contributed by atoms with Gasteiger partial charge in [0.05, 0.1) is 33.1 Å². The Morgan fingerprint density at radius 2 is 2.00 bits per heavy atom. The van der Waals surface area contributed by atoms with Crippen LogP contribution in [0, 0.1) is 5.82 Å². The molecule has 0 aliphatic carbocycles. The number of ether oxygens (including phenoxy) is 2. The molecule has 2 aromatic heterocycles. The molecule has 35 heavy (non-hydrogen) atoms. The molecule has 1 amide bonds. The SMILES string of the molecule is C=C(C)C(OC(=O)Nc1cc2c(cc1F)sc(=O)n2-c1ncc(C(F)(F)F)cc1Cl)C(=O)OCC. The van der Waals surface area contributed by atoms with Gasteiger partial charge in [0.15, 0.2) is 5.82 Å². The maximum atomic E-state index is 14.6. The van der Waals surface area contributed by atoms with Gasteiger partial charge in [-0.2, -0.15) is 13.2 Å². The molecular formula is C21H16ClF4N3O5S. The Kier molecular flexibility index (Phi) is 7.50. The molecule has 1 N–H and O–H groups in total. The number of benzene rings is 1. The van der Waals surface area contributed by atoms with E-state index < -0.39 is 51.3 Å². The number of halogens is 5. The summed E-state index contributed by atoms with van der Waals surface area (Å²) in [5, 5.41) is 1.64. The van der Waals surface area contributed by atoms with Gasteiger partial charge in [0, 0.05) is 6.20 Å². The number of hydrogen-bond acceptors (Lipinski definition) is 7. The average molecular weight is 534 g/mol. The van der Waals surface area contributed by atoms with Crippen LogP contribution in [0.5, 0.6) is 0 Å². The van der Waals surface area contributed by atoms with Crippen LogP contribution in [0.3, 0.4) is 0 Å². The van der Waals surface area contributed by atoms with Crippen LogP contribution in [0.1, 0.15) is 19.4 Å². The molecule has 1 unspecified atom stereocenters. The summed E-state index contributed by atoms with van der Waals surface area (Å²) in [6.07, 6.45) is -6.87. The van der Waals surface area contributed by atoms with Crippen LogP contribution in [-0.4, -0.2) is 34.3 Å². The van der Waals surface area contributed by atoms with Gasteiger partial charge < -0.3 is 9.47 Å². The van der Waals surface area contributed by atoms with E-state index in [9.17, 15) is 31.9 Å². The molecule has 0 spiro atoms. The van der Waals surface area contributed by atoms with Crippen molar-refractivity contribution < 1.29 is 36.6 Å². The van der Waals surface area contributed by atoms with E-state index in [1.807, 2.05) is 0 Å². The highest BCUT2D eigenvalue weighted by atomic mass is 35.5. The molecule has 186 valence electrons. The second-order valence-electron chi connectivity index (χ2n) is 7.04. The molecule has 3 aromatic rings. The Morgan fingerprint density at radius 3 is 2.57 bits per heavy atom. The summed E-state index contributed by atoms with van der Waals surface area (Å²) in [6, 6.07) is 2.60. The van der Waals surface area contributed by atoms with Crippen molar-refractivity contribution in [2.75, 3.05) is 11.9 Å². The van der Waals surface area contributed by atoms with Crippen molar-refractivity contribution in [2.24, 2.45) is 0 Å². The number of carbonyl (C=O) groups is 2. The molecule has 2 heterocycles. The quantitative estimate of drug-likeness (QED) is 0.262. The van der Waals surface area contributed by atoms with Crippen LogP contribution < -0.4 is 10.2 Å². The minimum atomic E-state index is -4.71. The highest BCUT2D eigenvalue weighted by Gasteiger charge is 2.32. The third-order valence-corrected chi connectivity index (χ3v) is 5.62. The molecule has 1 atom stereocenters. The summed E-state index contributed by atoms with van der Waals surface area (Å²) in [6.45, 7) is 6.55. The lowest BCUT2D eigenvalue weighted by atomic mass is 10.2. The molecule has 8 nitrogen and oxygen atoms in total. The fourth-order valence-electron chi connectivity index (χ4n) is 2.90. The zero-order valence-corrected chi connectivity index (χ0v) is 19.6. The Hall–Kier alpha value is -3.45. The number of aromatic nitrogens is 2. The zero-order valence-electron chi connectivity index (χ0n) is 18.0. The van der Waals surface area contributed by atoms with E-state index in [0.29, 0.717) is 23.6 Å². The number of carbonyl (C=O) groups excluding carboxylic acids is 2. The van der Waals surface area contributed by atoms with Crippen LogP contribution >= 0.6 is 22.9 Å². The van der Waals surface area contributed by atoms with Gasteiger partial charge in [-0.3, -0.25) is 10.1 Å². The number of amides is 1. The molecule has 14 heteroatoms. The summed E-state index contributed by atoms with van der Waals surface area (Å²) in [7, 11) is 0. The largest absolute Gasteiger partial charge is 0.463 e. The number of nitrogens with zero attached hydrogens (tertiary/aromatic N) is 2. The van der Waals surface area contributed by atoms with Gasteiger partial charge in [0.2, 0.25) is 6.10 Å². The van der Waals surface area contributed by atoms with E-state index in [2.05, 4.69) is 16.9 Å². The maximum Gasteiger partial charge on any atom is 0.417 e. The van der Waals surface area contributed by atoms with Crippen molar-refractivity contribution in [3.05, 3.63) is 62.6 Å². The number of anilines is 1. The highest BCUT2D eigenvalue weighted by Crippen LogP contribution is 2.33. The van der Waals surface area contributed by atoms with Crippen molar-refractivity contribution in [1.82, 2.24) is 9.55 Å². The second kappa shape index (κ2) is 10.0. The fourth-order valence-corrected chi connectivity index (χ4v) is 4.03. The molecule has 0 bridgehead atoms. The van der Waals surface area contributed by atoms with Gasteiger partial charge in [-0.1, -0.05) is 29.5 Å². The standard InChI is InChI=1S/C21H16ClF4N3O5S/c1-4-33-18(30)16(9(2)3)34-19(31)28-13-7-14-15(6-12(13)23)35-20(32)29(14)17-11(22)5-10(8-27-17)21(24,25)26/h5-8,16H,2,4H2,1,3H3,(H,28,31). The molecule has 0 aliphatic rings. The molecule has 0 saturated carbocycles. The maximum absolute atomic E-state index is 14.6. The van der Waals surface area contributed by atoms with Crippen molar-refractivity contribution in [1.29, 1.82) is 0 Å². The monoisotopic (exact) mass is 533 g/mol. The van der Waals surface area contributed by atoms with Gasteiger partial charge >= 0.3 is 23.1 Å². The van der Waals surface area contributed by atoms with Gasteiger partial charge in [-0.25, -0.2) is 23.5 Å². The summed E-state index contributed by atoms with van der Waals surface area (Å²) in [5.41, 5.74) is -1.40. The fraction of sp³-hybridized carbons (Fsp3) is 0.238. The van der Waals surface area contributed by atoms with Gasteiger partial charge in [0.25, 0.3) is 0 Å². The molecule has 3 rings (SSSR count). The number of thiazole rings is 1. The van der Waals surface area contributed by atoms with Crippen molar-refractivity contribution in [2.45, 2.75) is 26.1 Å². The Labute approximate surface area is 203 Å². The first-order valence-corrected chi connectivity index (χ1v) is 10.9. The van der Waals surface area contributed by atoms with Gasteiger partial charge in [0.1, 0.15) is 5.82 Å². The molecule has 0 aliphatic heterocycles.